The first-order valence-corrected chi connectivity index (χ1v) is 16.2. The maximum atomic E-state index is 13.6. The van der Waals surface area contributed by atoms with Gasteiger partial charge >= 0.3 is 0 Å². The molecule has 2 aromatic rings. The Morgan fingerprint density at radius 2 is 1.70 bits per heavy atom. The van der Waals surface area contributed by atoms with Gasteiger partial charge in [0.1, 0.15) is 0 Å². The van der Waals surface area contributed by atoms with Crippen LogP contribution in [0.3, 0.4) is 0 Å². The number of hydrogen-bond donors (Lipinski definition) is 3. The van der Waals surface area contributed by atoms with Gasteiger partial charge in [-0.2, -0.15) is 0 Å². The van der Waals surface area contributed by atoms with Gasteiger partial charge in [-0.1, -0.05) is 52.0 Å². The van der Waals surface area contributed by atoms with Crippen LogP contribution in [0.1, 0.15) is 67.6 Å². The first-order chi connectivity index (χ1) is 18.8. The molecule has 2 atom stereocenters. The number of carbonyl (C=O) groups excluding carboxylic acids is 2. The van der Waals surface area contributed by atoms with Gasteiger partial charge in [0.25, 0.3) is 5.91 Å². The fourth-order valence-electron chi connectivity index (χ4n) is 4.94. The number of aryl methyl sites for hydroxylation is 2. The van der Waals surface area contributed by atoms with Gasteiger partial charge in [-0.3, -0.25) is 13.9 Å². The number of rotatable bonds is 9. The molecule has 3 N–H and O–H groups in total. The number of anilines is 1. The Morgan fingerprint density at radius 1 is 1.02 bits per heavy atom. The molecule has 0 aromatic heterocycles. The van der Waals surface area contributed by atoms with Crippen molar-refractivity contribution in [3.63, 3.8) is 0 Å². The van der Waals surface area contributed by atoms with E-state index in [1.807, 2.05) is 26.0 Å². The Kier molecular flexibility index (Phi) is 11.2. The molecule has 220 valence electrons. The highest BCUT2D eigenvalue weighted by atomic mass is 32.2. The second-order valence-electron chi connectivity index (χ2n) is 11.8. The lowest BCUT2D eigenvalue weighted by atomic mass is 9.97. The topological polar surface area (TPSA) is 108 Å². The van der Waals surface area contributed by atoms with Crippen LogP contribution in [0.2, 0.25) is 0 Å². The second-order valence-corrected chi connectivity index (χ2v) is 13.8. The first-order valence-electron chi connectivity index (χ1n) is 14.3. The van der Waals surface area contributed by atoms with E-state index in [4.69, 9.17) is 0 Å². The van der Waals surface area contributed by atoms with Crippen molar-refractivity contribution < 1.29 is 18.0 Å². The number of carbonyl (C=O) groups is 2. The van der Waals surface area contributed by atoms with Crippen LogP contribution >= 0.6 is 0 Å². The molecular formula is C31H46N4O4S. The number of hydrogen-bond acceptors (Lipinski definition) is 5. The minimum Gasteiger partial charge on any atom is -0.354 e. The molecule has 3 rings (SSSR count). The number of nitrogens with one attached hydrogen (secondary N) is 3. The quantitative estimate of drug-likeness (QED) is 0.426. The smallest absolute Gasteiger partial charge is 0.251 e. The van der Waals surface area contributed by atoms with Crippen LogP contribution in [0, 0.1) is 11.8 Å². The van der Waals surface area contributed by atoms with E-state index >= 15 is 0 Å². The van der Waals surface area contributed by atoms with Crippen molar-refractivity contribution in [1.82, 2.24) is 16.0 Å². The largest absolute Gasteiger partial charge is 0.354 e. The third-order valence-corrected chi connectivity index (χ3v) is 8.51. The fraction of sp³-hybridized carbons (Fsp3) is 0.548. The summed E-state index contributed by atoms with van der Waals surface area (Å²) in [6.07, 6.45) is 5.37. The summed E-state index contributed by atoms with van der Waals surface area (Å²) in [4.78, 5) is 26.5. The molecule has 2 amide bonds. The number of nitrogens with zero attached hydrogens (tertiary/aromatic N) is 1. The summed E-state index contributed by atoms with van der Waals surface area (Å²) >= 11 is 0. The molecular weight excluding hydrogens is 524 g/mol. The maximum absolute atomic E-state index is 13.6. The summed E-state index contributed by atoms with van der Waals surface area (Å²) < 4.78 is 25.8. The SMILES string of the molecule is CC(C)CNC(=O)[C@@H](NC[C@@H]1Cc2cccc(c2)CCCCc2cc(cc(N(C)S(C)(=O)=O)c2)C(=O)N1)C(C)C. The lowest BCUT2D eigenvalue weighted by molar-refractivity contribution is -0.124. The predicted octanol–water partition coefficient (Wildman–Crippen LogP) is 3.69. The molecule has 9 heteroatoms. The van der Waals surface area contributed by atoms with Gasteiger partial charge in [-0.05, 0) is 78.8 Å². The van der Waals surface area contributed by atoms with Crippen molar-refractivity contribution in [2.75, 3.05) is 30.7 Å². The van der Waals surface area contributed by atoms with Crippen LogP contribution in [0.4, 0.5) is 5.69 Å². The summed E-state index contributed by atoms with van der Waals surface area (Å²) in [5.41, 5.74) is 4.21. The molecule has 1 heterocycles. The van der Waals surface area contributed by atoms with Crippen molar-refractivity contribution in [3.8, 4) is 0 Å². The highest BCUT2D eigenvalue weighted by Crippen LogP contribution is 2.23. The maximum Gasteiger partial charge on any atom is 0.251 e. The van der Waals surface area contributed by atoms with Crippen LogP contribution in [0.25, 0.3) is 0 Å². The minimum absolute atomic E-state index is 0.0425. The number of amides is 2. The standard InChI is InChI=1S/C31H46N4O4S/c1-21(2)19-33-31(37)29(22(3)4)32-20-27-16-24-13-9-12-23(14-24)10-7-8-11-25-15-26(30(36)34-27)18-28(17-25)35(5)40(6,38)39/h9,12-15,17-18,21-22,27,29,32H,7-8,10-11,16,19-20H2,1-6H3,(H,33,37)(H,34,36)/t27-,29-/m0/s1. The fourth-order valence-corrected chi connectivity index (χ4v) is 5.42. The predicted molar refractivity (Wildman–Crippen MR) is 162 cm³/mol. The number of benzene rings is 2. The molecule has 0 unspecified atom stereocenters. The minimum atomic E-state index is -3.49. The summed E-state index contributed by atoms with van der Waals surface area (Å²) in [7, 11) is -1.98. The van der Waals surface area contributed by atoms with Gasteiger partial charge in [0.2, 0.25) is 15.9 Å². The third-order valence-electron chi connectivity index (χ3n) is 7.31. The molecule has 1 aliphatic heterocycles. The molecule has 8 nitrogen and oxygen atoms in total. The number of sulfonamides is 1. The molecule has 4 bridgehead atoms. The average molecular weight is 571 g/mol. The van der Waals surface area contributed by atoms with E-state index in [1.54, 1.807) is 6.07 Å². The van der Waals surface area contributed by atoms with Gasteiger partial charge in [0.05, 0.1) is 18.0 Å². The molecule has 0 saturated carbocycles. The van der Waals surface area contributed by atoms with Crippen LogP contribution in [0.15, 0.2) is 42.5 Å². The lowest BCUT2D eigenvalue weighted by Gasteiger charge is -2.27. The van der Waals surface area contributed by atoms with E-state index in [0.29, 0.717) is 36.7 Å². The summed E-state index contributed by atoms with van der Waals surface area (Å²) in [6.45, 7) is 9.15. The average Bonchev–Trinajstić information content (AvgIpc) is 2.88. The molecule has 40 heavy (non-hydrogen) atoms. The normalized spacial score (nSPS) is 17.2. The summed E-state index contributed by atoms with van der Waals surface area (Å²) in [5.74, 6) is 0.107. The van der Waals surface area contributed by atoms with Crippen LogP contribution in [-0.4, -0.2) is 58.7 Å². The van der Waals surface area contributed by atoms with Crippen LogP contribution in [0.5, 0.6) is 0 Å². The molecule has 0 aliphatic carbocycles. The third kappa shape index (κ3) is 9.34. The van der Waals surface area contributed by atoms with E-state index in [0.717, 1.165) is 43.1 Å². The van der Waals surface area contributed by atoms with Crippen molar-refractivity contribution in [2.45, 2.75) is 71.9 Å². The molecule has 0 radical (unpaired) electrons. The van der Waals surface area contributed by atoms with Gasteiger partial charge in [-0.25, -0.2) is 8.42 Å². The molecule has 2 aromatic carbocycles. The van der Waals surface area contributed by atoms with Crippen molar-refractivity contribution in [1.29, 1.82) is 0 Å². The summed E-state index contributed by atoms with van der Waals surface area (Å²) in [6, 6.07) is 13.1. The highest BCUT2D eigenvalue weighted by Gasteiger charge is 2.25. The zero-order chi connectivity index (χ0) is 29.4. The first kappa shape index (κ1) is 31.6. The second kappa shape index (κ2) is 14.1. The van der Waals surface area contributed by atoms with E-state index in [1.165, 1.54) is 16.9 Å². The zero-order valence-corrected chi connectivity index (χ0v) is 25.6. The van der Waals surface area contributed by atoms with Crippen molar-refractivity contribution >= 4 is 27.5 Å². The van der Waals surface area contributed by atoms with Crippen molar-refractivity contribution in [3.05, 3.63) is 64.7 Å². The summed E-state index contributed by atoms with van der Waals surface area (Å²) in [5, 5.41) is 9.62. The molecule has 0 saturated heterocycles. The molecule has 0 fully saturated rings. The van der Waals surface area contributed by atoms with E-state index in [-0.39, 0.29) is 23.8 Å². The Morgan fingerprint density at radius 3 is 2.35 bits per heavy atom. The Balaban J connectivity index is 1.91. The highest BCUT2D eigenvalue weighted by molar-refractivity contribution is 7.92. The van der Waals surface area contributed by atoms with Gasteiger partial charge in [-0.15, -0.1) is 0 Å². The molecule has 1 aliphatic rings. The number of fused-ring (bicyclic) bond motifs is 4. The van der Waals surface area contributed by atoms with Crippen molar-refractivity contribution in [2.24, 2.45) is 11.8 Å². The Labute approximate surface area is 240 Å². The van der Waals surface area contributed by atoms with Gasteiger partial charge in [0.15, 0.2) is 0 Å². The van der Waals surface area contributed by atoms with E-state index < -0.39 is 16.1 Å². The van der Waals surface area contributed by atoms with E-state index in [2.05, 4.69) is 54.1 Å². The Hall–Kier alpha value is -2.91. The van der Waals surface area contributed by atoms with Crippen LogP contribution < -0.4 is 20.3 Å². The van der Waals surface area contributed by atoms with Crippen LogP contribution in [-0.2, 0) is 34.1 Å². The van der Waals surface area contributed by atoms with Gasteiger partial charge < -0.3 is 16.0 Å². The van der Waals surface area contributed by atoms with Gasteiger partial charge in [0, 0.05) is 31.7 Å². The zero-order valence-electron chi connectivity index (χ0n) is 24.8. The Bertz CT molecular complexity index is 1280. The lowest BCUT2D eigenvalue weighted by Crippen LogP contribution is -2.53. The monoisotopic (exact) mass is 570 g/mol. The molecule has 0 spiro atoms. The van der Waals surface area contributed by atoms with E-state index in [9.17, 15) is 18.0 Å².